The molecule has 0 heterocycles. The van der Waals surface area contributed by atoms with Crippen molar-refractivity contribution in [3.05, 3.63) is 35.6 Å². The van der Waals surface area contributed by atoms with Gasteiger partial charge in [-0.2, -0.15) is 0 Å². The summed E-state index contributed by atoms with van der Waals surface area (Å²) in [7, 11) is 2.07. The van der Waals surface area contributed by atoms with Crippen molar-refractivity contribution in [3.8, 4) is 0 Å². The number of benzene rings is 1. The van der Waals surface area contributed by atoms with Gasteiger partial charge in [-0.25, -0.2) is 4.39 Å². The van der Waals surface area contributed by atoms with Crippen molar-refractivity contribution < 1.29 is 4.39 Å². The summed E-state index contributed by atoms with van der Waals surface area (Å²) in [6, 6.07) is 7.87. The maximum atomic E-state index is 13.8. The molecular formula is C18H29FN2. The van der Waals surface area contributed by atoms with Gasteiger partial charge in [-0.1, -0.05) is 25.1 Å². The molecule has 0 amide bonds. The van der Waals surface area contributed by atoms with Crippen LogP contribution in [0.5, 0.6) is 0 Å². The summed E-state index contributed by atoms with van der Waals surface area (Å²) in [6.45, 7) is 6.34. The van der Waals surface area contributed by atoms with Crippen LogP contribution in [0.1, 0.15) is 51.1 Å². The Kier molecular flexibility index (Phi) is 6.19. The van der Waals surface area contributed by atoms with E-state index in [0.717, 1.165) is 24.6 Å². The number of rotatable bonds is 6. The molecule has 1 aliphatic carbocycles. The highest BCUT2D eigenvalue weighted by Crippen LogP contribution is 2.24. The van der Waals surface area contributed by atoms with Crippen LogP contribution in [0.3, 0.4) is 0 Å². The number of hydrogen-bond acceptors (Lipinski definition) is 2. The quantitative estimate of drug-likeness (QED) is 0.853. The standard InChI is InChI=1S/C18H29FN2/c1-14-8-10-16(11-9-14)20-12-13-21(3)15(2)17-6-4-5-7-18(17)19/h4-7,14-16,20H,8-13H2,1-3H3. The van der Waals surface area contributed by atoms with E-state index >= 15 is 0 Å². The van der Waals surface area contributed by atoms with E-state index in [0.29, 0.717) is 6.04 Å². The molecule has 0 aliphatic heterocycles. The van der Waals surface area contributed by atoms with E-state index < -0.39 is 0 Å². The molecule has 3 heteroatoms. The first-order valence-electron chi connectivity index (χ1n) is 8.26. The topological polar surface area (TPSA) is 15.3 Å². The zero-order valence-electron chi connectivity index (χ0n) is 13.6. The van der Waals surface area contributed by atoms with Gasteiger partial charge in [0.15, 0.2) is 0 Å². The number of halogens is 1. The van der Waals surface area contributed by atoms with Crippen molar-refractivity contribution in [2.24, 2.45) is 5.92 Å². The van der Waals surface area contributed by atoms with Gasteiger partial charge in [0.05, 0.1) is 0 Å². The minimum atomic E-state index is -0.105. The number of nitrogens with one attached hydrogen (secondary N) is 1. The van der Waals surface area contributed by atoms with E-state index in [1.54, 1.807) is 12.1 Å². The minimum Gasteiger partial charge on any atom is -0.313 e. The summed E-state index contributed by atoms with van der Waals surface area (Å²) in [5.74, 6) is 0.790. The third-order valence-corrected chi connectivity index (χ3v) is 4.93. The van der Waals surface area contributed by atoms with Gasteiger partial charge in [-0.3, -0.25) is 4.90 Å². The van der Waals surface area contributed by atoms with Crippen LogP contribution in [0.15, 0.2) is 24.3 Å². The molecule has 1 unspecified atom stereocenters. The Hall–Kier alpha value is -0.930. The second kappa shape index (κ2) is 7.90. The van der Waals surface area contributed by atoms with Crippen LogP contribution in [0.25, 0.3) is 0 Å². The lowest BCUT2D eigenvalue weighted by atomic mass is 9.87. The number of hydrogen-bond donors (Lipinski definition) is 1. The predicted octanol–water partition coefficient (Wildman–Crippen LogP) is 3.99. The fraction of sp³-hybridized carbons (Fsp3) is 0.667. The van der Waals surface area contributed by atoms with E-state index in [2.05, 4.69) is 31.1 Å². The van der Waals surface area contributed by atoms with E-state index in [4.69, 9.17) is 0 Å². The fourth-order valence-electron chi connectivity index (χ4n) is 3.15. The molecule has 21 heavy (non-hydrogen) atoms. The molecule has 1 atom stereocenters. The fourth-order valence-corrected chi connectivity index (χ4v) is 3.15. The van der Waals surface area contributed by atoms with E-state index in [1.165, 1.54) is 25.7 Å². The molecule has 1 fully saturated rings. The van der Waals surface area contributed by atoms with Crippen molar-refractivity contribution in [2.75, 3.05) is 20.1 Å². The molecule has 0 spiro atoms. The normalized spacial score (nSPS) is 24.2. The third-order valence-electron chi connectivity index (χ3n) is 4.93. The molecular weight excluding hydrogens is 263 g/mol. The molecule has 0 radical (unpaired) electrons. The Morgan fingerprint density at radius 2 is 1.90 bits per heavy atom. The Labute approximate surface area is 128 Å². The van der Waals surface area contributed by atoms with Gasteiger partial charge in [0.1, 0.15) is 5.82 Å². The second-order valence-electron chi connectivity index (χ2n) is 6.59. The molecule has 2 rings (SSSR count). The van der Waals surface area contributed by atoms with Gasteiger partial charge in [0.2, 0.25) is 0 Å². The number of nitrogens with zero attached hydrogens (tertiary/aromatic N) is 1. The van der Waals surface area contributed by atoms with Crippen LogP contribution in [0, 0.1) is 11.7 Å². The zero-order chi connectivity index (χ0) is 15.2. The molecule has 118 valence electrons. The maximum Gasteiger partial charge on any atom is 0.127 e. The van der Waals surface area contributed by atoms with Crippen molar-refractivity contribution in [1.29, 1.82) is 0 Å². The Morgan fingerprint density at radius 1 is 1.24 bits per heavy atom. The first kappa shape index (κ1) is 16.4. The van der Waals surface area contributed by atoms with Gasteiger partial charge < -0.3 is 5.32 Å². The summed E-state index contributed by atoms with van der Waals surface area (Å²) in [5, 5.41) is 3.66. The molecule has 0 bridgehead atoms. The van der Waals surface area contributed by atoms with Gasteiger partial charge in [0, 0.05) is 30.7 Å². The molecule has 1 aliphatic rings. The predicted molar refractivity (Wildman–Crippen MR) is 86.9 cm³/mol. The highest BCUT2D eigenvalue weighted by molar-refractivity contribution is 5.20. The number of likely N-dealkylation sites (N-methyl/N-ethyl adjacent to an activating group) is 1. The summed E-state index contributed by atoms with van der Waals surface area (Å²) in [5.41, 5.74) is 0.784. The van der Waals surface area contributed by atoms with Crippen molar-refractivity contribution in [1.82, 2.24) is 10.2 Å². The third kappa shape index (κ3) is 4.79. The summed E-state index contributed by atoms with van der Waals surface area (Å²) in [4.78, 5) is 2.22. The lowest BCUT2D eigenvalue weighted by molar-refractivity contribution is 0.240. The molecule has 1 saturated carbocycles. The lowest BCUT2D eigenvalue weighted by Gasteiger charge is -2.29. The van der Waals surface area contributed by atoms with Crippen molar-refractivity contribution >= 4 is 0 Å². The SMILES string of the molecule is CC1CCC(NCCN(C)C(C)c2ccccc2F)CC1. The monoisotopic (exact) mass is 292 g/mol. The Bertz CT molecular complexity index is 427. The van der Waals surface area contributed by atoms with Crippen LogP contribution < -0.4 is 5.32 Å². The van der Waals surface area contributed by atoms with Crippen LogP contribution in [-0.4, -0.2) is 31.1 Å². The van der Waals surface area contributed by atoms with Gasteiger partial charge in [-0.05, 0) is 51.6 Å². The van der Waals surface area contributed by atoms with Crippen LogP contribution in [-0.2, 0) is 0 Å². The molecule has 1 aromatic rings. The zero-order valence-corrected chi connectivity index (χ0v) is 13.6. The van der Waals surface area contributed by atoms with Crippen molar-refractivity contribution in [2.45, 2.75) is 51.6 Å². The first-order valence-corrected chi connectivity index (χ1v) is 8.26. The van der Waals surface area contributed by atoms with E-state index in [9.17, 15) is 4.39 Å². The van der Waals surface area contributed by atoms with Gasteiger partial charge >= 0.3 is 0 Å². The minimum absolute atomic E-state index is 0.105. The smallest absolute Gasteiger partial charge is 0.127 e. The van der Waals surface area contributed by atoms with Gasteiger partial charge in [-0.15, -0.1) is 0 Å². The average Bonchev–Trinajstić information content (AvgIpc) is 2.49. The average molecular weight is 292 g/mol. The van der Waals surface area contributed by atoms with Crippen LogP contribution in [0.2, 0.25) is 0 Å². The highest BCUT2D eigenvalue weighted by atomic mass is 19.1. The largest absolute Gasteiger partial charge is 0.313 e. The molecule has 1 N–H and O–H groups in total. The lowest BCUT2D eigenvalue weighted by Crippen LogP contribution is -2.38. The summed E-state index contributed by atoms with van der Waals surface area (Å²) >= 11 is 0. The van der Waals surface area contributed by atoms with E-state index in [-0.39, 0.29) is 11.9 Å². The first-order chi connectivity index (χ1) is 10.1. The highest BCUT2D eigenvalue weighted by Gasteiger charge is 2.18. The van der Waals surface area contributed by atoms with Crippen molar-refractivity contribution in [3.63, 3.8) is 0 Å². The van der Waals surface area contributed by atoms with Gasteiger partial charge in [0.25, 0.3) is 0 Å². The second-order valence-corrected chi connectivity index (χ2v) is 6.59. The van der Waals surface area contributed by atoms with Crippen LogP contribution in [0.4, 0.5) is 4.39 Å². The molecule has 0 aromatic heterocycles. The summed E-state index contributed by atoms with van der Waals surface area (Å²) in [6.07, 6.45) is 5.29. The van der Waals surface area contributed by atoms with Crippen LogP contribution >= 0.6 is 0 Å². The molecule has 0 saturated heterocycles. The Balaban J connectivity index is 1.74. The molecule has 1 aromatic carbocycles. The maximum absolute atomic E-state index is 13.8. The van der Waals surface area contributed by atoms with E-state index in [1.807, 2.05) is 12.1 Å². The summed E-state index contributed by atoms with van der Waals surface area (Å²) < 4.78 is 13.8. The Morgan fingerprint density at radius 3 is 2.57 bits per heavy atom. The molecule has 2 nitrogen and oxygen atoms in total.